The number of hydrogen-bond donors (Lipinski definition) is 0. The van der Waals surface area contributed by atoms with Crippen LogP contribution in [0.25, 0.3) is 0 Å². The Hall–Kier alpha value is -2.87. The fourth-order valence-corrected chi connectivity index (χ4v) is 5.37. The van der Waals surface area contributed by atoms with Crippen LogP contribution in [0.2, 0.25) is 0 Å². The van der Waals surface area contributed by atoms with Crippen molar-refractivity contribution in [1.82, 2.24) is 0 Å². The molecule has 0 fully saturated rings. The second-order valence-corrected chi connectivity index (χ2v) is 11.7. The maximum Gasteiger partial charge on any atom is 3.00 e. The van der Waals surface area contributed by atoms with Crippen LogP contribution < -0.4 is 0 Å². The summed E-state index contributed by atoms with van der Waals surface area (Å²) >= 11 is 0. The van der Waals surface area contributed by atoms with Gasteiger partial charge in [-0.1, -0.05) is 72.8 Å². The predicted molar refractivity (Wildman–Crippen MR) is 145 cm³/mol. The maximum absolute atomic E-state index is 10.7. The average Bonchev–Trinajstić information content (AvgIpc) is 2.85. The van der Waals surface area contributed by atoms with Crippen molar-refractivity contribution in [2.45, 2.75) is 33.9 Å². The van der Waals surface area contributed by atoms with Gasteiger partial charge in [0.05, 0.1) is 14.7 Å². The van der Waals surface area contributed by atoms with Crippen molar-refractivity contribution in [1.29, 1.82) is 0 Å². The Kier molecular flexibility index (Phi) is 15.8. The van der Waals surface area contributed by atoms with E-state index in [4.69, 9.17) is 0 Å². The summed E-state index contributed by atoms with van der Waals surface area (Å²) in [6.45, 7) is 10.4. The minimum Gasteiger partial charge on any atom is -0.744 e. The molecule has 3 aromatic rings. The molecule has 215 valence electrons. The van der Waals surface area contributed by atoms with E-state index in [0.29, 0.717) is 36.0 Å². The van der Waals surface area contributed by atoms with Gasteiger partial charge in [0.1, 0.15) is 30.4 Å². The summed E-state index contributed by atoms with van der Waals surface area (Å²) in [5.41, 5.74) is 1.48. The molecule has 0 aliphatic rings. The van der Waals surface area contributed by atoms with Crippen molar-refractivity contribution in [3.05, 3.63) is 127 Å². The molecule has 1 radical (unpaired) electrons. The SMILES string of the molecule is C=CCc1ccccc1S(=O)(=O)[O-].C=CCc1ccccc1S(=O)(=O)[O-].C=CCc1ccccc1S(=O)(=O)[O-].[Fe+3]. The van der Waals surface area contributed by atoms with Gasteiger partial charge in [0.2, 0.25) is 0 Å². The van der Waals surface area contributed by atoms with E-state index < -0.39 is 30.4 Å². The molecule has 0 heterocycles. The van der Waals surface area contributed by atoms with Gasteiger partial charge in [-0.25, -0.2) is 25.3 Å². The van der Waals surface area contributed by atoms with Gasteiger partial charge in [-0.05, 0) is 54.2 Å². The summed E-state index contributed by atoms with van der Waals surface area (Å²) in [5.74, 6) is 0. The molecule has 0 aliphatic carbocycles. The molecule has 0 amide bonds. The van der Waals surface area contributed by atoms with Crippen LogP contribution in [0.1, 0.15) is 16.7 Å². The van der Waals surface area contributed by atoms with Gasteiger partial charge in [-0.15, -0.1) is 19.7 Å². The fraction of sp³-hybridized carbons (Fsp3) is 0.111. The molecule has 0 atom stereocenters. The largest absolute Gasteiger partial charge is 3.00 e. The number of hydrogen-bond acceptors (Lipinski definition) is 9. The Labute approximate surface area is 246 Å². The van der Waals surface area contributed by atoms with Crippen LogP contribution in [0.15, 0.2) is 125 Å². The molecule has 0 aliphatic heterocycles. The molecule has 40 heavy (non-hydrogen) atoms. The standard InChI is InChI=1S/3C9H10O3S.Fe/c3*1-2-5-8-6-3-4-7-9(8)13(10,11)12;/h3*2-4,6-7H,1,5H2,(H,10,11,12);/q;;;+3/p-3. The van der Waals surface area contributed by atoms with Gasteiger partial charge in [-0.2, -0.15) is 0 Å². The Morgan fingerprint density at radius 1 is 0.475 bits per heavy atom. The van der Waals surface area contributed by atoms with Crippen LogP contribution in [0.4, 0.5) is 0 Å². The van der Waals surface area contributed by atoms with Gasteiger partial charge in [0.25, 0.3) is 0 Å². The molecule has 0 N–H and O–H groups in total. The fourth-order valence-electron chi connectivity index (χ4n) is 3.22. The first-order valence-corrected chi connectivity index (χ1v) is 15.3. The Bertz CT molecular complexity index is 1420. The molecule has 13 heteroatoms. The second-order valence-electron chi connectivity index (χ2n) is 7.66. The third-order valence-corrected chi connectivity index (χ3v) is 7.63. The summed E-state index contributed by atoms with van der Waals surface area (Å²) in [7, 11) is -13.1. The molecular weight excluding hydrogens is 620 g/mol. The van der Waals surface area contributed by atoms with Gasteiger partial charge in [0, 0.05) is 0 Å². The van der Waals surface area contributed by atoms with Gasteiger partial charge < -0.3 is 13.7 Å². The van der Waals surface area contributed by atoms with Crippen LogP contribution in [0.3, 0.4) is 0 Å². The topological polar surface area (TPSA) is 172 Å². The monoisotopic (exact) mass is 647 g/mol. The van der Waals surface area contributed by atoms with E-state index in [-0.39, 0.29) is 31.8 Å². The van der Waals surface area contributed by atoms with Crippen LogP contribution >= 0.6 is 0 Å². The van der Waals surface area contributed by atoms with Crippen LogP contribution in [-0.4, -0.2) is 38.9 Å². The molecule has 3 aromatic carbocycles. The van der Waals surface area contributed by atoms with Gasteiger partial charge in [0.15, 0.2) is 0 Å². The van der Waals surface area contributed by atoms with E-state index >= 15 is 0 Å². The number of benzene rings is 3. The van der Waals surface area contributed by atoms with E-state index in [1.807, 2.05) is 0 Å². The third-order valence-electron chi connectivity index (χ3n) is 4.82. The zero-order valence-corrected chi connectivity index (χ0v) is 24.7. The molecule has 0 aromatic heterocycles. The maximum atomic E-state index is 10.7. The molecular formula is C27H27FeO9S3. The molecule has 0 unspecified atom stereocenters. The Morgan fingerprint density at radius 3 is 0.850 bits per heavy atom. The first-order valence-electron chi connectivity index (χ1n) is 11.1. The van der Waals surface area contributed by atoms with Crippen molar-refractivity contribution in [3.63, 3.8) is 0 Å². The quantitative estimate of drug-likeness (QED) is 0.189. The molecule has 0 spiro atoms. The van der Waals surface area contributed by atoms with E-state index in [9.17, 15) is 38.9 Å². The van der Waals surface area contributed by atoms with Gasteiger partial charge in [-0.3, -0.25) is 0 Å². The number of rotatable bonds is 9. The Morgan fingerprint density at radius 2 is 0.675 bits per heavy atom. The van der Waals surface area contributed by atoms with Crippen molar-refractivity contribution < 1.29 is 56.0 Å². The zero-order valence-electron chi connectivity index (χ0n) is 21.2. The summed E-state index contributed by atoms with van der Waals surface area (Å²) < 4.78 is 96.6. The summed E-state index contributed by atoms with van der Waals surface area (Å²) in [4.78, 5) is -0.472. The Balaban J connectivity index is 0.000000563. The number of allylic oxidation sites excluding steroid dienone is 3. The molecule has 0 saturated heterocycles. The minimum absolute atomic E-state index is 0. The van der Waals surface area contributed by atoms with Crippen molar-refractivity contribution in [2.75, 3.05) is 0 Å². The van der Waals surface area contributed by atoms with Crippen molar-refractivity contribution in [2.24, 2.45) is 0 Å². The predicted octanol–water partition coefficient (Wildman–Crippen LogP) is 3.96. The van der Waals surface area contributed by atoms with Crippen LogP contribution in [0.5, 0.6) is 0 Å². The van der Waals surface area contributed by atoms with Gasteiger partial charge >= 0.3 is 17.1 Å². The molecule has 0 bridgehead atoms. The summed E-state index contributed by atoms with van der Waals surface area (Å²) in [5, 5.41) is 0. The third kappa shape index (κ3) is 12.5. The first kappa shape index (κ1) is 37.1. The smallest absolute Gasteiger partial charge is 0.744 e. The van der Waals surface area contributed by atoms with Crippen LogP contribution in [0, 0.1) is 0 Å². The van der Waals surface area contributed by atoms with E-state index in [0.717, 1.165) is 0 Å². The van der Waals surface area contributed by atoms with E-state index in [2.05, 4.69) is 19.7 Å². The zero-order chi connectivity index (χ0) is 29.7. The molecule has 3 rings (SSSR count). The van der Waals surface area contributed by atoms with Crippen molar-refractivity contribution >= 4 is 30.4 Å². The van der Waals surface area contributed by atoms with E-state index in [1.54, 1.807) is 54.6 Å². The van der Waals surface area contributed by atoms with E-state index in [1.165, 1.54) is 36.4 Å². The summed E-state index contributed by atoms with van der Waals surface area (Å²) in [6.07, 6.45) is 5.84. The summed E-state index contributed by atoms with van der Waals surface area (Å²) in [6, 6.07) is 18.4. The van der Waals surface area contributed by atoms with Crippen LogP contribution in [-0.2, 0) is 66.7 Å². The average molecular weight is 648 g/mol. The normalized spacial score (nSPS) is 10.9. The second kappa shape index (κ2) is 17.1. The molecule has 9 nitrogen and oxygen atoms in total. The van der Waals surface area contributed by atoms with Crippen molar-refractivity contribution in [3.8, 4) is 0 Å². The first-order chi connectivity index (χ1) is 18.2. The minimum atomic E-state index is -4.35. The molecule has 0 saturated carbocycles.